The van der Waals surface area contributed by atoms with E-state index in [-0.39, 0.29) is 31.7 Å². The lowest BCUT2D eigenvalue weighted by atomic mass is 10.0. The van der Waals surface area contributed by atoms with Crippen molar-refractivity contribution in [2.24, 2.45) is 5.92 Å². The van der Waals surface area contributed by atoms with E-state index in [1.807, 2.05) is 44.2 Å². The number of fused-ring (bicyclic) bond motifs is 3. The molecular formula is C33H41FN4O8. The third-order valence-corrected chi connectivity index (χ3v) is 8.79. The summed E-state index contributed by atoms with van der Waals surface area (Å²) >= 11 is 0. The van der Waals surface area contributed by atoms with Gasteiger partial charge in [0.05, 0.1) is 18.7 Å². The Morgan fingerprint density at radius 1 is 1.26 bits per heavy atom. The fourth-order valence-corrected chi connectivity index (χ4v) is 6.32. The van der Waals surface area contributed by atoms with Crippen molar-refractivity contribution in [2.75, 3.05) is 26.4 Å². The van der Waals surface area contributed by atoms with E-state index < -0.39 is 60.9 Å². The minimum atomic E-state index is -1.43. The summed E-state index contributed by atoms with van der Waals surface area (Å²) in [7, 11) is 0. The van der Waals surface area contributed by atoms with Gasteiger partial charge in [-0.15, -0.1) is 0 Å². The molecule has 2 fully saturated rings. The molecule has 3 aliphatic rings. The molecule has 3 heterocycles. The summed E-state index contributed by atoms with van der Waals surface area (Å²) in [5, 5.41) is 16.2. The Balaban J connectivity index is 1.43. The number of allylic oxidation sites excluding steroid dienone is 1. The number of benzene rings is 1. The smallest absolute Gasteiger partial charge is 0.407 e. The van der Waals surface area contributed by atoms with Gasteiger partial charge in [-0.3, -0.25) is 9.59 Å². The molecule has 2 aromatic rings. The molecule has 0 radical (unpaired) electrons. The first-order chi connectivity index (χ1) is 22.1. The fourth-order valence-electron chi connectivity index (χ4n) is 6.32. The quantitative estimate of drug-likeness (QED) is 0.365. The Labute approximate surface area is 266 Å². The second-order valence-corrected chi connectivity index (χ2v) is 12.1. The number of nitrogens with zero attached hydrogens (tertiary/aromatic N) is 2. The van der Waals surface area contributed by atoms with E-state index in [0.29, 0.717) is 43.0 Å². The second kappa shape index (κ2) is 14.3. The van der Waals surface area contributed by atoms with Crippen LogP contribution in [0.3, 0.4) is 0 Å². The molecule has 5 rings (SSSR count). The van der Waals surface area contributed by atoms with Gasteiger partial charge in [0.1, 0.15) is 36.7 Å². The lowest BCUT2D eigenvalue weighted by Gasteiger charge is -2.27. The van der Waals surface area contributed by atoms with Crippen LogP contribution < -0.4 is 20.1 Å². The van der Waals surface area contributed by atoms with Crippen LogP contribution in [0.25, 0.3) is 10.9 Å². The maximum Gasteiger partial charge on any atom is 0.407 e. The van der Waals surface area contributed by atoms with Crippen molar-refractivity contribution in [1.29, 1.82) is 0 Å². The van der Waals surface area contributed by atoms with Gasteiger partial charge in [-0.05, 0) is 51.2 Å². The normalized spacial score (nSPS) is 27.3. The van der Waals surface area contributed by atoms with E-state index in [0.717, 1.165) is 17.4 Å². The van der Waals surface area contributed by atoms with E-state index in [1.165, 1.54) is 4.90 Å². The number of amides is 3. The number of carboxylic acid groups (broad SMARTS) is 1. The van der Waals surface area contributed by atoms with Crippen LogP contribution in [0.4, 0.5) is 9.18 Å². The number of aryl methyl sites for hydroxylation is 1. The fraction of sp³-hybridized carbons (Fsp3) is 0.545. The Kier molecular flexibility index (Phi) is 10.3. The highest BCUT2D eigenvalue weighted by Gasteiger charge is 2.61. The van der Waals surface area contributed by atoms with E-state index in [4.69, 9.17) is 14.2 Å². The first-order valence-electron chi connectivity index (χ1n) is 15.9. The third-order valence-electron chi connectivity index (χ3n) is 8.79. The lowest BCUT2D eigenvalue weighted by molar-refractivity contribution is -0.145. The standard InChI is InChI=1S/C33H41FN4O8/c1-3-44-27-17-26(24-12-8-9-20(2)29(24)36-27)46-23-16-25-30(40)37-33(31(41)42)18-21(33)10-6-4-5-7-11-22(15-28(39)38(25)19-23)35-32(43)45-14-13-34/h6,8-10,12,17,21-23,25H,3-5,7,11,13-16,18-19H2,1-2H3,(H,35,43)(H,37,40)(H,41,42)/b10-6-/t21-,22+,23-,25+,33-/m1/s1. The molecule has 248 valence electrons. The Morgan fingerprint density at radius 2 is 2.09 bits per heavy atom. The number of aromatic nitrogens is 1. The number of ether oxygens (including phenoxy) is 3. The molecule has 0 unspecified atom stereocenters. The zero-order valence-electron chi connectivity index (χ0n) is 26.1. The SMILES string of the molecule is CCOc1cc(O[C@@H]2C[C@H]3C(=O)N[C@]4(C(=O)O)C[C@H]4/C=C\CCCC[C@H](NC(=O)OCCF)CC(=O)N3C2)c2cccc(C)c2n1. The van der Waals surface area contributed by atoms with Crippen molar-refractivity contribution in [3.05, 3.63) is 42.0 Å². The first-order valence-corrected chi connectivity index (χ1v) is 15.9. The molecule has 3 N–H and O–H groups in total. The zero-order valence-corrected chi connectivity index (χ0v) is 26.1. The summed E-state index contributed by atoms with van der Waals surface area (Å²) in [6.45, 7) is 3.01. The number of halogens is 1. The van der Waals surface area contributed by atoms with Crippen LogP contribution >= 0.6 is 0 Å². The Morgan fingerprint density at radius 3 is 2.85 bits per heavy atom. The van der Waals surface area contributed by atoms with Gasteiger partial charge in [0.2, 0.25) is 17.7 Å². The van der Waals surface area contributed by atoms with Gasteiger partial charge < -0.3 is 34.9 Å². The van der Waals surface area contributed by atoms with E-state index in [9.17, 15) is 28.7 Å². The molecular weight excluding hydrogens is 599 g/mol. The summed E-state index contributed by atoms with van der Waals surface area (Å²) in [5.41, 5.74) is 0.194. The van der Waals surface area contributed by atoms with Gasteiger partial charge in [0, 0.05) is 36.3 Å². The molecule has 5 atom stereocenters. The molecule has 1 aromatic carbocycles. The maximum absolute atomic E-state index is 13.9. The van der Waals surface area contributed by atoms with Gasteiger partial charge >= 0.3 is 12.1 Å². The monoisotopic (exact) mass is 640 g/mol. The number of carboxylic acids is 1. The van der Waals surface area contributed by atoms with Crippen molar-refractivity contribution >= 4 is 34.8 Å². The van der Waals surface area contributed by atoms with Crippen LogP contribution in [-0.2, 0) is 19.1 Å². The number of alkyl carbamates (subject to hydrolysis) is 1. The molecule has 46 heavy (non-hydrogen) atoms. The molecule has 1 aliphatic carbocycles. The van der Waals surface area contributed by atoms with Gasteiger partial charge in [0.25, 0.3) is 0 Å². The number of hydrogen-bond donors (Lipinski definition) is 3. The number of para-hydroxylation sites is 1. The van der Waals surface area contributed by atoms with Gasteiger partial charge in [-0.1, -0.05) is 30.7 Å². The number of nitrogens with one attached hydrogen (secondary N) is 2. The molecule has 1 saturated carbocycles. The molecule has 2 aliphatic heterocycles. The van der Waals surface area contributed by atoms with Crippen LogP contribution in [0.2, 0.25) is 0 Å². The number of aliphatic carboxylic acids is 1. The van der Waals surface area contributed by atoms with Gasteiger partial charge in [-0.25, -0.2) is 19.0 Å². The highest BCUT2D eigenvalue weighted by molar-refractivity contribution is 5.95. The Bertz CT molecular complexity index is 1500. The predicted octanol–water partition coefficient (Wildman–Crippen LogP) is 3.83. The molecule has 1 aromatic heterocycles. The van der Waals surface area contributed by atoms with Crippen molar-refractivity contribution in [2.45, 2.75) is 82.5 Å². The van der Waals surface area contributed by atoms with Crippen LogP contribution in [0.15, 0.2) is 36.4 Å². The van der Waals surface area contributed by atoms with E-state index in [2.05, 4.69) is 15.6 Å². The summed E-state index contributed by atoms with van der Waals surface area (Å²) in [4.78, 5) is 58.3. The molecule has 0 bridgehead atoms. The molecule has 1 saturated heterocycles. The first kappa shape index (κ1) is 33.0. The minimum absolute atomic E-state index is 0.0545. The molecule has 3 amide bonds. The predicted molar refractivity (Wildman–Crippen MR) is 165 cm³/mol. The molecule has 13 heteroatoms. The summed E-state index contributed by atoms with van der Waals surface area (Å²) < 4.78 is 29.6. The number of carbonyl (C=O) groups excluding carboxylic acids is 3. The maximum atomic E-state index is 13.9. The highest BCUT2D eigenvalue weighted by atomic mass is 19.1. The van der Waals surface area contributed by atoms with Crippen LogP contribution in [-0.4, -0.2) is 89.0 Å². The minimum Gasteiger partial charge on any atom is -0.488 e. The topological polar surface area (TPSA) is 156 Å². The zero-order chi connectivity index (χ0) is 32.8. The summed E-state index contributed by atoms with van der Waals surface area (Å²) in [5.74, 6) is -1.60. The van der Waals surface area contributed by atoms with E-state index in [1.54, 1.807) is 6.07 Å². The van der Waals surface area contributed by atoms with Crippen LogP contribution in [0, 0.1) is 12.8 Å². The second-order valence-electron chi connectivity index (χ2n) is 12.1. The number of alkyl halides is 1. The number of carbonyl (C=O) groups is 4. The average molecular weight is 641 g/mol. The molecule has 12 nitrogen and oxygen atoms in total. The average Bonchev–Trinajstić information content (AvgIpc) is 3.55. The van der Waals surface area contributed by atoms with Gasteiger partial charge in [0.15, 0.2) is 0 Å². The van der Waals surface area contributed by atoms with Gasteiger partial charge in [-0.2, -0.15) is 0 Å². The third kappa shape index (κ3) is 7.34. The van der Waals surface area contributed by atoms with Crippen molar-refractivity contribution < 1.29 is 42.9 Å². The summed E-state index contributed by atoms with van der Waals surface area (Å²) in [6.07, 6.45) is 5.10. The number of hydrogen-bond acceptors (Lipinski definition) is 8. The summed E-state index contributed by atoms with van der Waals surface area (Å²) in [6, 6.07) is 5.76. The number of rotatable bonds is 8. The number of pyridine rings is 1. The Hall–Kier alpha value is -4.42. The van der Waals surface area contributed by atoms with Crippen molar-refractivity contribution in [3.63, 3.8) is 0 Å². The van der Waals surface area contributed by atoms with Crippen molar-refractivity contribution in [1.82, 2.24) is 20.5 Å². The van der Waals surface area contributed by atoms with Crippen LogP contribution in [0.1, 0.15) is 57.4 Å². The molecule has 0 spiro atoms. The van der Waals surface area contributed by atoms with Crippen LogP contribution in [0.5, 0.6) is 11.6 Å². The van der Waals surface area contributed by atoms with E-state index >= 15 is 0 Å². The van der Waals surface area contributed by atoms with Crippen molar-refractivity contribution in [3.8, 4) is 11.6 Å². The largest absolute Gasteiger partial charge is 0.488 e. The lowest BCUT2D eigenvalue weighted by Crippen LogP contribution is -2.53. The highest BCUT2D eigenvalue weighted by Crippen LogP contribution is 2.45.